The van der Waals surface area contributed by atoms with Crippen molar-refractivity contribution in [3.05, 3.63) is 108 Å². The Labute approximate surface area is 179 Å². The molecule has 0 radical (unpaired) electrons. The van der Waals surface area contributed by atoms with Gasteiger partial charge in [-0.05, 0) is 41.0 Å². The van der Waals surface area contributed by atoms with Gasteiger partial charge >= 0.3 is 0 Å². The first-order valence-corrected chi connectivity index (χ1v) is 9.88. The lowest BCUT2D eigenvalue weighted by molar-refractivity contribution is 0.630. The predicted octanol–water partition coefficient (Wildman–Crippen LogP) is 5.78. The summed E-state index contributed by atoms with van der Waals surface area (Å²) in [7, 11) is 0. The predicted molar refractivity (Wildman–Crippen MR) is 118 cm³/mol. The van der Waals surface area contributed by atoms with Gasteiger partial charge in [0.15, 0.2) is 5.82 Å². The second-order valence-electron chi connectivity index (χ2n) is 7.27. The Morgan fingerprint density at radius 1 is 0.806 bits per heavy atom. The van der Waals surface area contributed by atoms with Crippen LogP contribution in [0.1, 0.15) is 11.1 Å². The Kier molecular flexibility index (Phi) is 4.74. The Morgan fingerprint density at radius 2 is 1.52 bits per heavy atom. The van der Waals surface area contributed by atoms with Gasteiger partial charge < -0.3 is 4.57 Å². The maximum absolute atomic E-state index is 14.1. The summed E-state index contributed by atoms with van der Waals surface area (Å²) in [5, 5.41) is 9.32. The van der Waals surface area contributed by atoms with Crippen LogP contribution in [0.3, 0.4) is 0 Å². The van der Waals surface area contributed by atoms with E-state index in [1.165, 1.54) is 6.07 Å². The quantitative estimate of drug-likeness (QED) is 0.382. The van der Waals surface area contributed by atoms with E-state index in [-0.39, 0.29) is 5.82 Å². The zero-order valence-corrected chi connectivity index (χ0v) is 16.5. The molecule has 5 rings (SSSR count). The fraction of sp³-hybridized carbons (Fsp3) is 0.0385. The smallest absolute Gasteiger partial charge is 0.163 e. The Morgan fingerprint density at radius 3 is 2.29 bits per heavy atom. The second-order valence-corrected chi connectivity index (χ2v) is 7.27. The van der Waals surface area contributed by atoms with Crippen molar-refractivity contribution in [1.29, 1.82) is 5.26 Å². The third-order valence-corrected chi connectivity index (χ3v) is 5.22. The molecule has 5 heteroatoms. The molecule has 0 fully saturated rings. The Balaban J connectivity index is 1.40. The second kappa shape index (κ2) is 7.85. The summed E-state index contributed by atoms with van der Waals surface area (Å²) in [5.74, 6) is 0.0649. The first-order valence-electron chi connectivity index (χ1n) is 9.88. The number of rotatable bonds is 4. The van der Waals surface area contributed by atoms with Gasteiger partial charge in [-0.15, -0.1) is 0 Å². The summed E-state index contributed by atoms with van der Waals surface area (Å²) in [6.45, 7) is 0.665. The summed E-state index contributed by atoms with van der Waals surface area (Å²) >= 11 is 0. The number of aromatic nitrogens is 3. The van der Waals surface area contributed by atoms with Crippen LogP contribution in [0, 0.1) is 17.1 Å². The summed E-state index contributed by atoms with van der Waals surface area (Å²) in [4.78, 5) is 8.98. The van der Waals surface area contributed by atoms with Crippen molar-refractivity contribution in [2.75, 3.05) is 0 Å². The van der Waals surface area contributed by atoms with Gasteiger partial charge in [-0.2, -0.15) is 5.26 Å². The molecule has 0 aromatic heterocycles. The molecule has 31 heavy (non-hydrogen) atoms. The minimum Gasteiger partial charge on any atom is -0.348 e. The monoisotopic (exact) mass is 404 g/mol. The molecule has 0 N–H and O–H groups in total. The van der Waals surface area contributed by atoms with Crippen molar-refractivity contribution in [1.82, 2.24) is 14.5 Å². The van der Waals surface area contributed by atoms with Gasteiger partial charge in [-0.1, -0.05) is 54.6 Å². The van der Waals surface area contributed by atoms with Gasteiger partial charge in [-0.25, -0.2) is 14.4 Å². The molecular formula is C26H17FN4. The van der Waals surface area contributed by atoms with Crippen molar-refractivity contribution < 1.29 is 4.39 Å². The van der Waals surface area contributed by atoms with E-state index in [4.69, 9.17) is 0 Å². The summed E-state index contributed by atoms with van der Waals surface area (Å²) in [5.41, 5.74) is 5.58. The minimum absolute atomic E-state index is 0.330. The highest BCUT2D eigenvalue weighted by Crippen LogP contribution is 2.27. The van der Waals surface area contributed by atoms with Crippen LogP contribution < -0.4 is 0 Å². The number of nitriles is 1. The van der Waals surface area contributed by atoms with Crippen LogP contribution in [0.4, 0.5) is 4.39 Å². The zero-order chi connectivity index (χ0) is 21.2. The normalized spacial score (nSPS) is 10.8. The van der Waals surface area contributed by atoms with Gasteiger partial charge in [0.25, 0.3) is 0 Å². The molecule has 4 nitrogen and oxygen atoms in total. The molecule has 148 valence electrons. The lowest BCUT2D eigenvalue weighted by Gasteiger charge is -2.09. The molecule has 3 aromatic carbocycles. The van der Waals surface area contributed by atoms with Crippen molar-refractivity contribution in [3.8, 4) is 40.0 Å². The molecular weight excluding hydrogens is 387 g/mol. The number of halogens is 1. The fourth-order valence-corrected chi connectivity index (χ4v) is 3.65. The first-order chi connectivity index (χ1) is 15.2. The molecule has 0 unspecified atom stereocenters. The standard InChI is InChI=1S/C26H17FN4/c27-23-8-4-3-7-22(23)26-29-24-13-14-31(17-25(24)30-26)16-18-9-11-19(12-10-18)21-6-2-1-5-20(21)15-28/h1-14,17H,16H2. The van der Waals surface area contributed by atoms with Crippen LogP contribution in [-0.4, -0.2) is 14.5 Å². The summed E-state index contributed by atoms with van der Waals surface area (Å²) in [6, 6.07) is 26.4. The number of benzene rings is 3. The van der Waals surface area contributed by atoms with E-state index in [2.05, 4.69) is 28.2 Å². The fourth-order valence-electron chi connectivity index (χ4n) is 3.65. The average molecular weight is 404 g/mol. The number of nitrogens with zero attached hydrogens (tertiary/aromatic N) is 4. The molecule has 2 aliphatic rings. The van der Waals surface area contributed by atoms with Crippen molar-refractivity contribution in [2.24, 2.45) is 0 Å². The average Bonchev–Trinajstić information content (AvgIpc) is 3.23. The first kappa shape index (κ1) is 18.7. The lowest BCUT2D eigenvalue weighted by Crippen LogP contribution is -2.01. The van der Waals surface area contributed by atoms with Crippen molar-refractivity contribution in [3.63, 3.8) is 0 Å². The van der Waals surface area contributed by atoms with E-state index in [9.17, 15) is 9.65 Å². The van der Waals surface area contributed by atoms with Gasteiger partial charge in [0, 0.05) is 18.9 Å². The van der Waals surface area contributed by atoms with Gasteiger partial charge in [0.2, 0.25) is 0 Å². The highest BCUT2D eigenvalue weighted by atomic mass is 19.1. The van der Waals surface area contributed by atoms with Crippen LogP contribution >= 0.6 is 0 Å². The number of hydrogen-bond donors (Lipinski definition) is 0. The van der Waals surface area contributed by atoms with Crippen LogP contribution in [0.15, 0.2) is 91.3 Å². The van der Waals surface area contributed by atoms with E-state index < -0.39 is 0 Å². The molecule has 3 aromatic rings. The zero-order valence-electron chi connectivity index (χ0n) is 16.5. The van der Waals surface area contributed by atoms with E-state index in [1.807, 2.05) is 59.4 Å². The Hall–Kier alpha value is -4.30. The van der Waals surface area contributed by atoms with Crippen LogP contribution in [0.2, 0.25) is 0 Å². The maximum Gasteiger partial charge on any atom is 0.163 e. The molecule has 0 aliphatic carbocycles. The molecule has 0 atom stereocenters. The van der Waals surface area contributed by atoms with Gasteiger partial charge in [0.05, 0.1) is 22.9 Å². The van der Waals surface area contributed by atoms with Crippen LogP contribution in [0.25, 0.3) is 33.9 Å². The number of fused-ring (bicyclic) bond motifs is 1. The third-order valence-electron chi connectivity index (χ3n) is 5.22. The molecule has 2 heterocycles. The largest absolute Gasteiger partial charge is 0.348 e. The van der Waals surface area contributed by atoms with Crippen molar-refractivity contribution in [2.45, 2.75) is 6.54 Å². The highest BCUT2D eigenvalue weighted by molar-refractivity contribution is 5.70. The van der Waals surface area contributed by atoms with E-state index in [0.717, 1.165) is 28.1 Å². The molecule has 0 saturated heterocycles. The van der Waals surface area contributed by atoms with Crippen LogP contribution in [-0.2, 0) is 6.54 Å². The molecule has 0 saturated carbocycles. The summed E-state index contributed by atoms with van der Waals surface area (Å²) < 4.78 is 16.1. The summed E-state index contributed by atoms with van der Waals surface area (Å²) in [6.07, 6.45) is 3.87. The van der Waals surface area contributed by atoms with Crippen LogP contribution in [0.5, 0.6) is 0 Å². The number of imidazole rings is 1. The van der Waals surface area contributed by atoms with E-state index >= 15 is 0 Å². The number of pyridine rings is 1. The Bertz CT molecular complexity index is 1380. The van der Waals surface area contributed by atoms with E-state index in [1.54, 1.807) is 18.2 Å². The van der Waals surface area contributed by atoms with E-state index in [0.29, 0.717) is 23.5 Å². The van der Waals surface area contributed by atoms with Crippen molar-refractivity contribution >= 4 is 0 Å². The minimum atomic E-state index is -0.330. The molecule has 0 spiro atoms. The highest BCUT2D eigenvalue weighted by Gasteiger charge is 2.15. The van der Waals surface area contributed by atoms with Gasteiger partial charge in [-0.3, -0.25) is 0 Å². The third kappa shape index (κ3) is 3.67. The van der Waals surface area contributed by atoms with Gasteiger partial charge in [0.1, 0.15) is 11.5 Å². The topological polar surface area (TPSA) is 54.5 Å². The molecule has 0 bridgehead atoms. The maximum atomic E-state index is 14.1. The molecule has 2 aliphatic heterocycles. The number of hydrogen-bond acceptors (Lipinski definition) is 3. The molecule has 0 amide bonds. The SMILES string of the molecule is N#Cc1ccccc1-c1ccc(Cn2ccc3nc(-c4ccccc4F)nc-3c2)cc1. The lowest BCUT2D eigenvalue weighted by atomic mass is 9.99.